The van der Waals surface area contributed by atoms with Gasteiger partial charge in [-0.15, -0.1) is 0 Å². The Morgan fingerprint density at radius 2 is 1.84 bits per heavy atom. The number of aromatic nitrogens is 5. The Morgan fingerprint density at radius 3 is 2.51 bits per heavy atom. The third kappa shape index (κ3) is 3.76. The SMILES string of the molecule is COc1nccc2c3ncc(-c4c(C)ncn4C)cc3n(C(c3c(F)cccc3F)C3CCOCC3)c12. The van der Waals surface area contributed by atoms with Crippen LogP contribution in [0.1, 0.15) is 30.1 Å². The number of nitrogens with zero attached hydrogens (tertiary/aromatic N) is 5. The molecule has 1 aliphatic heterocycles. The average Bonchev–Trinajstić information content (AvgIpc) is 3.42. The van der Waals surface area contributed by atoms with E-state index in [9.17, 15) is 0 Å². The lowest BCUT2D eigenvalue weighted by Gasteiger charge is -2.33. The van der Waals surface area contributed by atoms with Crippen molar-refractivity contribution in [2.24, 2.45) is 13.0 Å². The third-order valence-corrected chi connectivity index (χ3v) is 7.39. The molecule has 9 heteroatoms. The standard InChI is InChI=1S/C28H27F2N5O2/c1-16-25(34(2)15-33-16)18-13-22-24(32-14-18)19-7-10-31-28(36-3)27(19)35(22)26(17-8-11-37-12-9-17)23-20(29)5-4-6-21(23)30/h4-7,10,13-15,17,26H,8-9,11-12H2,1-3H3. The molecule has 7 nitrogen and oxygen atoms in total. The number of hydrogen-bond acceptors (Lipinski definition) is 5. The number of rotatable bonds is 5. The Kier molecular flexibility index (Phi) is 5.87. The summed E-state index contributed by atoms with van der Waals surface area (Å²) in [5, 5.41) is 0.809. The van der Waals surface area contributed by atoms with Crippen LogP contribution in [0.4, 0.5) is 8.78 Å². The predicted molar refractivity (Wildman–Crippen MR) is 137 cm³/mol. The van der Waals surface area contributed by atoms with E-state index in [2.05, 4.69) is 9.97 Å². The van der Waals surface area contributed by atoms with Gasteiger partial charge in [-0.25, -0.2) is 18.7 Å². The topological polar surface area (TPSA) is 67.0 Å². The van der Waals surface area contributed by atoms with Crippen molar-refractivity contribution in [3.05, 3.63) is 71.9 Å². The van der Waals surface area contributed by atoms with E-state index in [4.69, 9.17) is 14.5 Å². The maximum absolute atomic E-state index is 15.5. The summed E-state index contributed by atoms with van der Waals surface area (Å²) < 4.78 is 46.2. The Morgan fingerprint density at radius 1 is 1.08 bits per heavy atom. The van der Waals surface area contributed by atoms with Gasteiger partial charge in [0, 0.05) is 49.2 Å². The summed E-state index contributed by atoms with van der Waals surface area (Å²) in [7, 11) is 3.48. The highest BCUT2D eigenvalue weighted by atomic mass is 19.1. The zero-order chi connectivity index (χ0) is 25.7. The Balaban J connectivity index is 1.73. The zero-order valence-electron chi connectivity index (χ0n) is 20.9. The first-order chi connectivity index (χ1) is 18.0. The molecular weight excluding hydrogens is 476 g/mol. The summed E-state index contributed by atoms with van der Waals surface area (Å²) in [6.07, 6.45) is 6.57. The number of methoxy groups -OCH3 is 1. The van der Waals surface area contributed by atoms with Crippen LogP contribution in [0.2, 0.25) is 0 Å². The Bertz CT molecular complexity index is 1580. The van der Waals surface area contributed by atoms with E-state index in [1.54, 1.807) is 19.6 Å². The van der Waals surface area contributed by atoms with Crippen LogP contribution in [-0.4, -0.2) is 44.4 Å². The Hall–Kier alpha value is -3.85. The molecule has 5 aromatic rings. The van der Waals surface area contributed by atoms with E-state index in [0.717, 1.165) is 27.9 Å². The van der Waals surface area contributed by atoms with Gasteiger partial charge in [0.15, 0.2) is 0 Å². The molecule has 1 saturated heterocycles. The zero-order valence-corrected chi connectivity index (χ0v) is 20.9. The molecule has 4 aromatic heterocycles. The van der Waals surface area contributed by atoms with Gasteiger partial charge in [0.25, 0.3) is 0 Å². The minimum absolute atomic E-state index is 0.0289. The number of aryl methyl sites for hydroxylation is 2. The lowest BCUT2D eigenvalue weighted by atomic mass is 9.86. The highest BCUT2D eigenvalue weighted by molar-refractivity contribution is 6.08. The number of fused-ring (bicyclic) bond motifs is 3. The quantitative estimate of drug-likeness (QED) is 0.313. The smallest absolute Gasteiger partial charge is 0.238 e. The second kappa shape index (κ2) is 9.23. The van der Waals surface area contributed by atoms with Gasteiger partial charge in [-0.05, 0) is 49.9 Å². The van der Waals surface area contributed by atoms with Crippen molar-refractivity contribution in [3.63, 3.8) is 0 Å². The molecule has 0 saturated carbocycles. The number of hydrogen-bond donors (Lipinski definition) is 0. The molecule has 0 bridgehead atoms. The predicted octanol–water partition coefficient (Wildman–Crippen LogP) is 5.60. The van der Waals surface area contributed by atoms with E-state index in [0.29, 0.717) is 43.0 Å². The molecule has 1 atom stereocenters. The minimum atomic E-state index is -0.659. The Labute approximate surface area is 212 Å². The second-order valence-electron chi connectivity index (χ2n) is 9.50. The third-order valence-electron chi connectivity index (χ3n) is 7.39. The summed E-state index contributed by atoms with van der Waals surface area (Å²) in [6, 6.07) is 7.27. The van der Waals surface area contributed by atoms with Crippen LogP contribution >= 0.6 is 0 Å². The molecule has 190 valence electrons. The van der Waals surface area contributed by atoms with Gasteiger partial charge in [-0.1, -0.05) is 6.07 Å². The molecule has 0 spiro atoms. The first-order valence-corrected chi connectivity index (χ1v) is 12.3. The lowest BCUT2D eigenvalue weighted by Crippen LogP contribution is -2.28. The first-order valence-electron chi connectivity index (χ1n) is 12.3. The lowest BCUT2D eigenvalue weighted by molar-refractivity contribution is 0.0543. The molecule has 1 aliphatic rings. The van der Waals surface area contributed by atoms with Gasteiger partial charge in [-0.3, -0.25) is 4.98 Å². The molecule has 0 amide bonds. The molecule has 0 radical (unpaired) electrons. The van der Waals surface area contributed by atoms with Crippen LogP contribution in [-0.2, 0) is 11.8 Å². The second-order valence-corrected chi connectivity index (χ2v) is 9.50. The molecule has 37 heavy (non-hydrogen) atoms. The van der Waals surface area contributed by atoms with Crippen molar-refractivity contribution >= 4 is 21.9 Å². The van der Waals surface area contributed by atoms with E-state index in [-0.39, 0.29) is 11.5 Å². The van der Waals surface area contributed by atoms with Crippen LogP contribution in [0.3, 0.4) is 0 Å². The van der Waals surface area contributed by atoms with E-state index in [1.807, 2.05) is 41.4 Å². The van der Waals surface area contributed by atoms with Gasteiger partial charge in [-0.2, -0.15) is 0 Å². The van der Waals surface area contributed by atoms with E-state index >= 15 is 8.78 Å². The van der Waals surface area contributed by atoms with Crippen molar-refractivity contribution in [1.82, 2.24) is 24.1 Å². The van der Waals surface area contributed by atoms with Gasteiger partial charge in [0.1, 0.15) is 17.2 Å². The number of imidazole rings is 1. The average molecular weight is 504 g/mol. The van der Waals surface area contributed by atoms with Crippen LogP contribution in [0.15, 0.2) is 49.1 Å². The van der Waals surface area contributed by atoms with Gasteiger partial charge >= 0.3 is 0 Å². The molecule has 1 unspecified atom stereocenters. The highest BCUT2D eigenvalue weighted by Crippen LogP contribution is 2.44. The fraction of sp³-hybridized carbons (Fsp3) is 0.321. The van der Waals surface area contributed by atoms with Gasteiger partial charge in [0.2, 0.25) is 5.88 Å². The molecule has 1 aromatic carbocycles. The largest absolute Gasteiger partial charge is 0.479 e. The molecule has 0 aliphatic carbocycles. The maximum atomic E-state index is 15.5. The van der Waals surface area contributed by atoms with Crippen molar-refractivity contribution in [2.45, 2.75) is 25.8 Å². The minimum Gasteiger partial charge on any atom is -0.479 e. The number of pyridine rings is 2. The summed E-state index contributed by atoms with van der Waals surface area (Å²) >= 11 is 0. The number of halogens is 2. The van der Waals surface area contributed by atoms with E-state index < -0.39 is 17.7 Å². The molecule has 6 rings (SSSR count). The summed E-state index contributed by atoms with van der Waals surface area (Å²) in [4.78, 5) is 13.7. The summed E-state index contributed by atoms with van der Waals surface area (Å²) in [6.45, 7) is 3.00. The van der Waals surface area contributed by atoms with Gasteiger partial charge in [0.05, 0.1) is 41.9 Å². The van der Waals surface area contributed by atoms with Crippen LogP contribution in [0.5, 0.6) is 5.88 Å². The van der Waals surface area contributed by atoms with Gasteiger partial charge < -0.3 is 18.6 Å². The van der Waals surface area contributed by atoms with Crippen LogP contribution < -0.4 is 4.74 Å². The van der Waals surface area contributed by atoms with Crippen molar-refractivity contribution < 1.29 is 18.3 Å². The normalized spacial score (nSPS) is 15.5. The van der Waals surface area contributed by atoms with Crippen LogP contribution in [0, 0.1) is 24.5 Å². The first kappa shape index (κ1) is 23.5. The van der Waals surface area contributed by atoms with Crippen molar-refractivity contribution in [2.75, 3.05) is 20.3 Å². The van der Waals surface area contributed by atoms with Crippen LogP contribution in [0.25, 0.3) is 33.2 Å². The molecule has 0 N–H and O–H groups in total. The highest BCUT2D eigenvalue weighted by Gasteiger charge is 2.35. The number of ether oxygens (including phenoxy) is 2. The summed E-state index contributed by atoms with van der Waals surface area (Å²) in [5.41, 5.74) is 4.81. The molecule has 5 heterocycles. The number of benzene rings is 1. The van der Waals surface area contributed by atoms with Crippen molar-refractivity contribution in [3.8, 4) is 17.1 Å². The van der Waals surface area contributed by atoms with Crippen molar-refractivity contribution in [1.29, 1.82) is 0 Å². The molecule has 1 fully saturated rings. The summed E-state index contributed by atoms with van der Waals surface area (Å²) in [5.74, 6) is -0.865. The monoisotopic (exact) mass is 503 g/mol. The fourth-order valence-corrected chi connectivity index (χ4v) is 5.75. The van der Waals surface area contributed by atoms with E-state index in [1.165, 1.54) is 18.2 Å². The fourth-order valence-electron chi connectivity index (χ4n) is 5.75. The maximum Gasteiger partial charge on any atom is 0.238 e. The molecular formula is C28H27F2N5O2.